The van der Waals surface area contributed by atoms with Gasteiger partial charge in [0.25, 0.3) is 0 Å². The third-order valence-corrected chi connectivity index (χ3v) is 7.61. The topological polar surface area (TPSA) is 165 Å². The average molecular weight is 506 g/mol. The first-order valence-electron chi connectivity index (χ1n) is 10.7. The number of nitrogens with zero attached hydrogens (tertiary/aromatic N) is 1. The Balaban J connectivity index is 1.99. The van der Waals surface area contributed by atoms with Crippen LogP contribution >= 0.6 is 0 Å². The zero-order valence-corrected chi connectivity index (χ0v) is 20.1. The fourth-order valence-electron chi connectivity index (χ4n) is 3.90. The zero-order chi connectivity index (χ0) is 25.8. The number of benzene rings is 2. The minimum absolute atomic E-state index is 0.0384. The lowest BCUT2D eigenvalue weighted by Gasteiger charge is -2.35. The number of fused-ring (bicyclic) bond motifs is 1. The van der Waals surface area contributed by atoms with E-state index < -0.39 is 39.9 Å². The van der Waals surface area contributed by atoms with E-state index in [1.165, 1.54) is 32.4 Å². The molecule has 2 aromatic rings. The van der Waals surface area contributed by atoms with E-state index in [9.17, 15) is 27.9 Å². The molecule has 0 bridgehead atoms. The van der Waals surface area contributed by atoms with Gasteiger partial charge in [0.15, 0.2) is 11.5 Å². The molecule has 2 unspecified atom stereocenters. The number of carbonyl (C=O) groups is 3. The summed E-state index contributed by atoms with van der Waals surface area (Å²) in [6, 6.07) is 8.57. The van der Waals surface area contributed by atoms with E-state index in [0.717, 1.165) is 15.4 Å². The molecule has 3 rings (SSSR count). The van der Waals surface area contributed by atoms with Crippen LogP contribution in [0.1, 0.15) is 24.0 Å². The Kier molecular flexibility index (Phi) is 7.97. The van der Waals surface area contributed by atoms with Gasteiger partial charge in [-0.05, 0) is 36.1 Å². The van der Waals surface area contributed by atoms with Crippen LogP contribution in [0.5, 0.6) is 11.5 Å². The second-order valence-electron chi connectivity index (χ2n) is 7.96. The Morgan fingerprint density at radius 1 is 1.11 bits per heavy atom. The van der Waals surface area contributed by atoms with E-state index in [2.05, 4.69) is 5.32 Å². The van der Waals surface area contributed by atoms with Gasteiger partial charge < -0.3 is 25.6 Å². The molecule has 0 fully saturated rings. The smallest absolute Gasteiger partial charge is 0.326 e. The third-order valence-electron chi connectivity index (χ3n) is 5.76. The number of ether oxygens (including phenoxy) is 2. The quantitative estimate of drug-likeness (QED) is 0.423. The highest BCUT2D eigenvalue weighted by Crippen LogP contribution is 2.34. The van der Waals surface area contributed by atoms with Crippen molar-refractivity contribution in [2.45, 2.75) is 42.8 Å². The SMILES string of the molecule is COc1ccc(S(=O)(=O)N2Cc3ccccc3CC2C(=O)NC(CCC(N)=O)C(=O)O)cc1OC. The minimum atomic E-state index is -4.22. The van der Waals surface area contributed by atoms with Crippen molar-refractivity contribution in [1.82, 2.24) is 9.62 Å². The van der Waals surface area contributed by atoms with Gasteiger partial charge in [0.1, 0.15) is 12.1 Å². The van der Waals surface area contributed by atoms with E-state index in [0.29, 0.717) is 5.75 Å². The Hall–Kier alpha value is -3.64. The number of hydrogen-bond acceptors (Lipinski definition) is 7. The summed E-state index contributed by atoms with van der Waals surface area (Å²) in [6.45, 7) is -0.0933. The second kappa shape index (κ2) is 10.7. The van der Waals surface area contributed by atoms with Crippen LogP contribution in [-0.4, -0.2) is 61.9 Å². The molecule has 2 aromatic carbocycles. The summed E-state index contributed by atoms with van der Waals surface area (Å²) in [5.41, 5.74) is 6.60. The molecule has 1 aliphatic heterocycles. The van der Waals surface area contributed by atoms with E-state index in [4.69, 9.17) is 15.2 Å². The van der Waals surface area contributed by atoms with E-state index >= 15 is 0 Å². The van der Waals surface area contributed by atoms with Gasteiger partial charge in [-0.15, -0.1) is 0 Å². The number of carboxylic acids is 1. The lowest BCUT2D eigenvalue weighted by atomic mass is 9.95. The predicted octanol–water partition coefficient (Wildman–Crippen LogP) is 0.654. The van der Waals surface area contributed by atoms with Crippen LogP contribution < -0.4 is 20.5 Å². The number of sulfonamides is 1. The molecule has 35 heavy (non-hydrogen) atoms. The summed E-state index contributed by atoms with van der Waals surface area (Å²) < 4.78 is 38.8. The fourth-order valence-corrected chi connectivity index (χ4v) is 5.48. The average Bonchev–Trinajstić information content (AvgIpc) is 2.84. The first kappa shape index (κ1) is 26.0. The Bertz CT molecular complexity index is 1230. The number of nitrogens with one attached hydrogen (secondary N) is 1. The van der Waals surface area contributed by atoms with Gasteiger partial charge in [0, 0.05) is 19.0 Å². The minimum Gasteiger partial charge on any atom is -0.493 e. The summed E-state index contributed by atoms with van der Waals surface area (Å²) in [5.74, 6) is -2.33. The Morgan fingerprint density at radius 3 is 2.37 bits per heavy atom. The molecule has 188 valence electrons. The molecule has 0 saturated carbocycles. The predicted molar refractivity (Wildman–Crippen MR) is 124 cm³/mol. The van der Waals surface area contributed by atoms with Gasteiger partial charge in [-0.1, -0.05) is 24.3 Å². The Labute approximate surface area is 202 Å². The normalized spacial score (nSPS) is 16.6. The number of hydrogen-bond donors (Lipinski definition) is 3. The number of aliphatic carboxylic acids is 1. The number of rotatable bonds is 10. The van der Waals surface area contributed by atoms with Gasteiger partial charge in [-0.2, -0.15) is 4.31 Å². The van der Waals surface area contributed by atoms with Crippen LogP contribution in [0.25, 0.3) is 0 Å². The highest BCUT2D eigenvalue weighted by molar-refractivity contribution is 7.89. The molecule has 0 aliphatic carbocycles. The van der Waals surface area contributed by atoms with E-state index in [-0.39, 0.29) is 36.5 Å². The molecule has 11 nitrogen and oxygen atoms in total. The standard InChI is InChI=1S/C23H27N3O8S/c1-33-19-9-7-16(12-20(19)34-2)35(31,32)26-13-15-6-4-3-5-14(15)11-18(26)22(28)25-17(23(29)30)8-10-21(24)27/h3-7,9,12,17-18H,8,10-11,13H2,1-2H3,(H2,24,27)(H,25,28)(H,29,30). The van der Waals surface area contributed by atoms with Gasteiger partial charge in [0.05, 0.1) is 19.1 Å². The number of nitrogens with two attached hydrogens (primary N) is 1. The maximum atomic E-state index is 13.7. The summed E-state index contributed by atoms with van der Waals surface area (Å²) in [6.07, 6.45) is -0.433. The molecule has 0 aromatic heterocycles. The third kappa shape index (κ3) is 5.72. The van der Waals surface area contributed by atoms with Crippen molar-refractivity contribution < 1.29 is 37.4 Å². The largest absolute Gasteiger partial charge is 0.493 e. The van der Waals surface area contributed by atoms with Crippen molar-refractivity contribution in [1.29, 1.82) is 0 Å². The molecule has 12 heteroatoms. The van der Waals surface area contributed by atoms with Crippen molar-refractivity contribution >= 4 is 27.8 Å². The molecule has 1 heterocycles. The molecular formula is C23H27N3O8S. The maximum absolute atomic E-state index is 13.7. The van der Waals surface area contributed by atoms with Crippen molar-refractivity contribution in [2.75, 3.05) is 14.2 Å². The van der Waals surface area contributed by atoms with Crippen LogP contribution in [0, 0.1) is 0 Å². The van der Waals surface area contributed by atoms with Crippen LogP contribution in [0.4, 0.5) is 0 Å². The first-order valence-corrected chi connectivity index (χ1v) is 12.1. The fraction of sp³-hybridized carbons (Fsp3) is 0.348. The number of carboxylic acid groups (broad SMARTS) is 1. The van der Waals surface area contributed by atoms with E-state index in [1.54, 1.807) is 24.3 Å². The number of primary amides is 1. The monoisotopic (exact) mass is 505 g/mol. The number of methoxy groups -OCH3 is 2. The number of carbonyl (C=O) groups excluding carboxylic acids is 2. The molecule has 1 aliphatic rings. The summed E-state index contributed by atoms with van der Waals surface area (Å²) in [7, 11) is -1.43. The number of amides is 2. The lowest BCUT2D eigenvalue weighted by molar-refractivity contribution is -0.142. The Morgan fingerprint density at radius 2 is 1.77 bits per heavy atom. The van der Waals surface area contributed by atoms with E-state index in [1.807, 2.05) is 0 Å². The van der Waals surface area contributed by atoms with Crippen molar-refractivity contribution in [3.8, 4) is 11.5 Å². The lowest BCUT2D eigenvalue weighted by Crippen LogP contribution is -2.55. The van der Waals surface area contributed by atoms with Crippen LogP contribution in [0.2, 0.25) is 0 Å². The van der Waals surface area contributed by atoms with Gasteiger partial charge in [-0.3, -0.25) is 9.59 Å². The van der Waals surface area contributed by atoms with Crippen molar-refractivity contribution in [3.63, 3.8) is 0 Å². The molecule has 4 N–H and O–H groups in total. The molecule has 0 radical (unpaired) electrons. The van der Waals surface area contributed by atoms with Crippen molar-refractivity contribution in [2.24, 2.45) is 5.73 Å². The molecule has 0 spiro atoms. The zero-order valence-electron chi connectivity index (χ0n) is 19.3. The molecule has 2 atom stereocenters. The summed E-state index contributed by atoms with van der Waals surface area (Å²) >= 11 is 0. The molecule has 0 saturated heterocycles. The van der Waals surface area contributed by atoms with Crippen molar-refractivity contribution in [3.05, 3.63) is 53.6 Å². The molecule has 2 amide bonds. The highest BCUT2D eigenvalue weighted by Gasteiger charge is 2.41. The van der Waals surface area contributed by atoms with Gasteiger partial charge >= 0.3 is 5.97 Å². The summed E-state index contributed by atoms with van der Waals surface area (Å²) in [4.78, 5) is 35.9. The highest BCUT2D eigenvalue weighted by atomic mass is 32.2. The van der Waals surface area contributed by atoms with Gasteiger partial charge in [-0.25, -0.2) is 13.2 Å². The van der Waals surface area contributed by atoms with Crippen LogP contribution in [0.15, 0.2) is 47.4 Å². The molecular weight excluding hydrogens is 478 g/mol. The van der Waals surface area contributed by atoms with Crippen LogP contribution in [-0.2, 0) is 37.4 Å². The maximum Gasteiger partial charge on any atom is 0.326 e. The summed E-state index contributed by atoms with van der Waals surface area (Å²) in [5, 5.41) is 11.8. The first-order chi connectivity index (χ1) is 16.6. The van der Waals surface area contributed by atoms with Crippen LogP contribution in [0.3, 0.4) is 0 Å². The second-order valence-corrected chi connectivity index (χ2v) is 9.85. The van der Waals surface area contributed by atoms with Gasteiger partial charge in [0.2, 0.25) is 21.8 Å².